The highest BCUT2D eigenvalue weighted by Crippen LogP contribution is 2.33. The SMILES string of the molecule is S=C1SC[C@H](COc2ccc(Cl)cc2)S1. The van der Waals surface area contributed by atoms with E-state index in [1.807, 2.05) is 24.3 Å². The standard InChI is InChI=1S/C10H9ClOS3/c11-7-1-3-8(4-2-7)12-5-9-6-14-10(13)15-9/h1-4,9H,5-6H2/t9-/m0/s1. The topological polar surface area (TPSA) is 9.23 Å². The van der Waals surface area contributed by atoms with Crippen LogP contribution in [-0.4, -0.2) is 21.1 Å². The van der Waals surface area contributed by atoms with E-state index in [9.17, 15) is 0 Å². The number of rotatable bonds is 3. The monoisotopic (exact) mass is 276 g/mol. The van der Waals surface area contributed by atoms with Gasteiger partial charge in [0, 0.05) is 10.8 Å². The molecule has 0 radical (unpaired) electrons. The Morgan fingerprint density at radius 3 is 2.73 bits per heavy atom. The molecule has 0 aliphatic carbocycles. The van der Waals surface area contributed by atoms with Crippen LogP contribution in [0.25, 0.3) is 0 Å². The highest BCUT2D eigenvalue weighted by molar-refractivity contribution is 8.49. The van der Waals surface area contributed by atoms with Gasteiger partial charge in [-0.2, -0.15) is 0 Å². The van der Waals surface area contributed by atoms with Crippen LogP contribution in [0.15, 0.2) is 24.3 Å². The third-order valence-corrected chi connectivity index (χ3v) is 5.28. The molecular formula is C10H9ClOS3. The Kier molecular flexibility index (Phi) is 4.20. The zero-order valence-electron chi connectivity index (χ0n) is 7.81. The zero-order valence-corrected chi connectivity index (χ0v) is 11.0. The molecule has 5 heteroatoms. The third-order valence-electron chi connectivity index (χ3n) is 1.90. The lowest BCUT2D eigenvalue weighted by molar-refractivity contribution is 0.324. The number of thiocarbonyl (C=S) groups is 1. The average Bonchev–Trinajstić information content (AvgIpc) is 2.64. The van der Waals surface area contributed by atoms with Gasteiger partial charge in [-0.15, -0.1) is 11.8 Å². The number of ether oxygens (including phenoxy) is 1. The van der Waals surface area contributed by atoms with Crippen LogP contribution in [0.4, 0.5) is 0 Å². The summed E-state index contributed by atoms with van der Waals surface area (Å²) < 4.78 is 6.67. The molecule has 1 heterocycles. The van der Waals surface area contributed by atoms with Crippen LogP contribution in [0.5, 0.6) is 5.75 Å². The highest BCUT2D eigenvalue weighted by Gasteiger charge is 2.21. The summed E-state index contributed by atoms with van der Waals surface area (Å²) in [6.45, 7) is 0.708. The van der Waals surface area contributed by atoms with E-state index in [0.717, 1.165) is 20.1 Å². The molecule has 1 atom stereocenters. The van der Waals surface area contributed by atoms with Gasteiger partial charge in [-0.3, -0.25) is 0 Å². The van der Waals surface area contributed by atoms with Gasteiger partial charge in [-0.05, 0) is 24.3 Å². The molecule has 1 nitrogen and oxygen atoms in total. The zero-order chi connectivity index (χ0) is 10.7. The normalized spacial score (nSPS) is 20.6. The first-order chi connectivity index (χ1) is 7.24. The minimum Gasteiger partial charge on any atom is -0.492 e. The van der Waals surface area contributed by atoms with Gasteiger partial charge in [0.25, 0.3) is 0 Å². The third kappa shape index (κ3) is 3.55. The molecule has 0 unspecified atom stereocenters. The Hall–Kier alpha value is 0.1000. The fraction of sp³-hybridized carbons (Fsp3) is 0.300. The van der Waals surface area contributed by atoms with Crippen molar-refractivity contribution in [2.45, 2.75) is 5.25 Å². The Morgan fingerprint density at radius 1 is 1.40 bits per heavy atom. The number of hydrogen-bond acceptors (Lipinski definition) is 4. The minimum absolute atomic E-state index is 0.484. The lowest BCUT2D eigenvalue weighted by atomic mass is 10.3. The molecule has 1 aliphatic heterocycles. The summed E-state index contributed by atoms with van der Waals surface area (Å²) in [5.74, 6) is 1.92. The van der Waals surface area contributed by atoms with Gasteiger partial charge in [0.05, 0.1) is 5.25 Å². The number of halogens is 1. The Morgan fingerprint density at radius 2 is 2.13 bits per heavy atom. The van der Waals surface area contributed by atoms with Gasteiger partial charge in [0.1, 0.15) is 15.9 Å². The van der Waals surface area contributed by atoms with Crippen LogP contribution in [-0.2, 0) is 0 Å². The predicted molar refractivity (Wildman–Crippen MR) is 73.4 cm³/mol. The Labute approximate surface area is 108 Å². The van der Waals surface area contributed by atoms with Gasteiger partial charge in [0.15, 0.2) is 0 Å². The van der Waals surface area contributed by atoms with Crippen LogP contribution >= 0.6 is 47.3 Å². The van der Waals surface area contributed by atoms with Crippen LogP contribution in [0, 0.1) is 0 Å². The van der Waals surface area contributed by atoms with Crippen molar-refractivity contribution in [2.75, 3.05) is 12.4 Å². The van der Waals surface area contributed by atoms with Crippen molar-refractivity contribution in [1.29, 1.82) is 0 Å². The van der Waals surface area contributed by atoms with Crippen molar-refractivity contribution in [3.63, 3.8) is 0 Å². The number of thioether (sulfide) groups is 2. The molecular weight excluding hydrogens is 268 g/mol. The first-order valence-corrected chi connectivity index (χ1v) is 7.11. The van der Waals surface area contributed by atoms with Crippen molar-refractivity contribution in [2.24, 2.45) is 0 Å². The molecule has 1 aromatic rings. The maximum Gasteiger partial charge on any atom is 0.119 e. The van der Waals surface area contributed by atoms with Crippen molar-refractivity contribution >= 4 is 50.9 Å². The molecule has 0 N–H and O–H groups in total. The van der Waals surface area contributed by atoms with Crippen LogP contribution in [0.2, 0.25) is 5.02 Å². The van der Waals surface area contributed by atoms with Gasteiger partial charge < -0.3 is 4.74 Å². The van der Waals surface area contributed by atoms with E-state index in [1.54, 1.807) is 23.5 Å². The van der Waals surface area contributed by atoms with Gasteiger partial charge in [-0.1, -0.05) is 35.6 Å². The summed E-state index contributed by atoms with van der Waals surface area (Å²) in [6, 6.07) is 7.43. The molecule has 1 fully saturated rings. The first-order valence-electron chi connectivity index (χ1n) is 4.46. The summed E-state index contributed by atoms with van der Waals surface area (Å²) in [7, 11) is 0. The lowest BCUT2D eigenvalue weighted by Crippen LogP contribution is -2.13. The highest BCUT2D eigenvalue weighted by atomic mass is 35.5. The van der Waals surface area contributed by atoms with Crippen molar-refractivity contribution in [3.05, 3.63) is 29.3 Å². The van der Waals surface area contributed by atoms with E-state index >= 15 is 0 Å². The van der Waals surface area contributed by atoms with Gasteiger partial charge in [-0.25, -0.2) is 0 Å². The Balaban J connectivity index is 1.83. The molecule has 1 aromatic carbocycles. The largest absolute Gasteiger partial charge is 0.492 e. The molecule has 80 valence electrons. The van der Waals surface area contributed by atoms with Gasteiger partial charge in [0.2, 0.25) is 0 Å². The Bertz CT molecular complexity index is 352. The van der Waals surface area contributed by atoms with Gasteiger partial charge >= 0.3 is 0 Å². The van der Waals surface area contributed by atoms with E-state index in [2.05, 4.69) is 0 Å². The van der Waals surface area contributed by atoms with Crippen LogP contribution < -0.4 is 4.74 Å². The molecule has 15 heavy (non-hydrogen) atoms. The summed E-state index contributed by atoms with van der Waals surface area (Å²) in [5.41, 5.74) is 0. The number of hydrogen-bond donors (Lipinski definition) is 0. The number of benzene rings is 1. The van der Waals surface area contributed by atoms with Crippen LogP contribution in [0.3, 0.4) is 0 Å². The fourth-order valence-corrected chi connectivity index (χ4v) is 4.09. The lowest BCUT2D eigenvalue weighted by Gasteiger charge is -2.09. The fourth-order valence-electron chi connectivity index (χ4n) is 1.17. The molecule has 0 spiro atoms. The van der Waals surface area contributed by atoms with E-state index in [-0.39, 0.29) is 0 Å². The summed E-state index contributed by atoms with van der Waals surface area (Å²) in [6.07, 6.45) is 0. The van der Waals surface area contributed by atoms with E-state index in [0.29, 0.717) is 11.9 Å². The van der Waals surface area contributed by atoms with Crippen molar-refractivity contribution < 1.29 is 4.74 Å². The maximum absolute atomic E-state index is 5.78. The molecule has 0 amide bonds. The maximum atomic E-state index is 5.78. The summed E-state index contributed by atoms with van der Waals surface area (Å²) in [5, 5.41) is 1.22. The summed E-state index contributed by atoms with van der Waals surface area (Å²) >= 11 is 14.3. The molecule has 1 aliphatic rings. The second-order valence-corrected chi connectivity index (χ2v) is 7.03. The molecule has 0 saturated carbocycles. The minimum atomic E-state index is 0.484. The predicted octanol–water partition coefficient (Wildman–Crippen LogP) is 3.85. The smallest absolute Gasteiger partial charge is 0.119 e. The second kappa shape index (κ2) is 5.43. The molecule has 0 aromatic heterocycles. The van der Waals surface area contributed by atoms with E-state index in [4.69, 9.17) is 28.6 Å². The van der Waals surface area contributed by atoms with Crippen LogP contribution in [0.1, 0.15) is 0 Å². The second-order valence-electron chi connectivity index (χ2n) is 3.07. The average molecular weight is 277 g/mol. The van der Waals surface area contributed by atoms with Crippen molar-refractivity contribution in [3.8, 4) is 5.75 Å². The summed E-state index contributed by atoms with van der Waals surface area (Å²) in [4.78, 5) is 0. The van der Waals surface area contributed by atoms with E-state index in [1.165, 1.54) is 0 Å². The molecule has 2 rings (SSSR count). The molecule has 0 bridgehead atoms. The van der Waals surface area contributed by atoms with Crippen molar-refractivity contribution in [1.82, 2.24) is 0 Å². The quantitative estimate of drug-likeness (QED) is 0.775. The van der Waals surface area contributed by atoms with E-state index < -0.39 is 0 Å². The molecule has 1 saturated heterocycles. The first kappa shape index (κ1) is 11.6.